The van der Waals surface area contributed by atoms with E-state index in [2.05, 4.69) is 40.7 Å². The minimum atomic E-state index is 0.243. The number of hydrogen-bond acceptors (Lipinski definition) is 2. The lowest BCUT2D eigenvalue weighted by molar-refractivity contribution is 0.0395. The molecule has 0 bridgehead atoms. The van der Waals surface area contributed by atoms with E-state index in [-0.39, 0.29) is 6.10 Å². The lowest BCUT2D eigenvalue weighted by Crippen LogP contribution is -2.21. The fourth-order valence-electron chi connectivity index (χ4n) is 2.34. The largest absolute Gasteiger partial charge is 0.373 e. The Kier molecular flexibility index (Phi) is 3.57. The first-order valence-electron chi connectivity index (χ1n) is 6.20. The third-order valence-corrected chi connectivity index (χ3v) is 4.71. The summed E-state index contributed by atoms with van der Waals surface area (Å²) in [5.74, 6) is 0. The van der Waals surface area contributed by atoms with Gasteiger partial charge in [0.2, 0.25) is 0 Å². The van der Waals surface area contributed by atoms with E-state index >= 15 is 0 Å². The van der Waals surface area contributed by atoms with Crippen LogP contribution in [0.5, 0.6) is 0 Å². The van der Waals surface area contributed by atoms with Crippen LogP contribution in [-0.4, -0.2) is 15.9 Å². The topological polar surface area (TPSA) is 27.1 Å². The molecule has 0 aliphatic carbocycles. The van der Waals surface area contributed by atoms with Crippen molar-refractivity contribution >= 4 is 34.2 Å². The summed E-state index contributed by atoms with van der Waals surface area (Å²) in [5, 5.41) is 5.44. The van der Waals surface area contributed by atoms with Crippen LogP contribution in [0, 0.1) is 10.6 Å². The number of fused-ring (bicyclic) bond motifs is 1. The van der Waals surface area contributed by atoms with Gasteiger partial charge in [0.25, 0.3) is 0 Å². The molecule has 0 unspecified atom stereocenters. The van der Waals surface area contributed by atoms with E-state index in [1.165, 1.54) is 11.3 Å². The fraction of sp³-hybridized carbons (Fsp3) is 0.357. The van der Waals surface area contributed by atoms with Gasteiger partial charge in [0.1, 0.15) is 3.70 Å². The molecule has 3 rings (SSSR count). The molecule has 1 aliphatic heterocycles. The Morgan fingerprint density at radius 2 is 2.26 bits per heavy atom. The Labute approximate surface area is 131 Å². The number of nitrogens with zero attached hydrogens (tertiary/aromatic N) is 2. The number of hydrogen-bond donors (Lipinski definition) is 0. The molecule has 0 radical (unpaired) electrons. The highest BCUT2D eigenvalue weighted by Crippen LogP contribution is 2.28. The highest BCUT2D eigenvalue weighted by Gasteiger charge is 2.24. The Balaban J connectivity index is 2.12. The number of aromatic nitrogens is 2. The summed E-state index contributed by atoms with van der Waals surface area (Å²) in [5.41, 5.74) is 4.60. The molecule has 5 heteroatoms. The molecular weight excluding hydrogens is 375 g/mol. The molecular formula is C14H14ClIN2O. The fourth-order valence-corrected chi connectivity index (χ4v) is 3.14. The zero-order valence-electron chi connectivity index (χ0n) is 10.8. The van der Waals surface area contributed by atoms with Crippen molar-refractivity contribution in [3.8, 4) is 5.69 Å². The summed E-state index contributed by atoms with van der Waals surface area (Å²) in [4.78, 5) is 0. The molecule has 0 spiro atoms. The maximum Gasteiger partial charge on any atom is 0.129 e. The summed E-state index contributed by atoms with van der Waals surface area (Å²) < 4.78 is 8.75. The van der Waals surface area contributed by atoms with Gasteiger partial charge < -0.3 is 4.74 Å². The molecule has 19 heavy (non-hydrogen) atoms. The lowest BCUT2D eigenvalue weighted by Gasteiger charge is -2.21. The molecule has 1 aromatic heterocycles. The first-order chi connectivity index (χ1) is 9.06. The van der Waals surface area contributed by atoms with Crippen LogP contribution < -0.4 is 0 Å². The van der Waals surface area contributed by atoms with Crippen molar-refractivity contribution in [2.75, 3.05) is 0 Å². The molecule has 1 aromatic carbocycles. The van der Waals surface area contributed by atoms with Gasteiger partial charge >= 0.3 is 0 Å². The molecule has 0 N–H and O–H groups in total. The van der Waals surface area contributed by atoms with Crippen LogP contribution in [0.4, 0.5) is 0 Å². The highest BCUT2D eigenvalue weighted by atomic mass is 127. The molecule has 100 valence electrons. The van der Waals surface area contributed by atoms with Crippen LogP contribution in [0.2, 0.25) is 5.02 Å². The van der Waals surface area contributed by atoms with Gasteiger partial charge in [0, 0.05) is 17.0 Å². The van der Waals surface area contributed by atoms with E-state index in [0.29, 0.717) is 6.61 Å². The van der Waals surface area contributed by atoms with Crippen LogP contribution >= 0.6 is 34.2 Å². The first-order valence-corrected chi connectivity index (χ1v) is 7.66. The number of benzene rings is 1. The Hall–Kier alpha value is -0.590. The molecule has 0 fully saturated rings. The van der Waals surface area contributed by atoms with Crippen molar-refractivity contribution in [1.29, 1.82) is 0 Å². The van der Waals surface area contributed by atoms with Gasteiger partial charge in [0.05, 0.1) is 24.1 Å². The molecule has 0 saturated heterocycles. The minimum Gasteiger partial charge on any atom is -0.373 e. The smallest absolute Gasteiger partial charge is 0.129 e. The normalized spacial score (nSPS) is 18.4. The van der Waals surface area contributed by atoms with Crippen molar-refractivity contribution in [2.45, 2.75) is 33.0 Å². The van der Waals surface area contributed by atoms with Gasteiger partial charge in [-0.15, -0.1) is 0 Å². The zero-order valence-corrected chi connectivity index (χ0v) is 13.7. The van der Waals surface area contributed by atoms with Crippen LogP contribution in [0.25, 0.3) is 5.69 Å². The molecule has 2 aromatic rings. The number of rotatable bonds is 1. The van der Waals surface area contributed by atoms with Crippen molar-refractivity contribution in [3.05, 3.63) is 43.7 Å². The van der Waals surface area contributed by atoms with Gasteiger partial charge in [-0.25, -0.2) is 4.68 Å². The van der Waals surface area contributed by atoms with Gasteiger partial charge in [-0.3, -0.25) is 0 Å². The lowest BCUT2D eigenvalue weighted by atomic mass is 10.1. The summed E-state index contributed by atoms with van der Waals surface area (Å²) >= 11 is 8.36. The summed E-state index contributed by atoms with van der Waals surface area (Å²) in [6.45, 7) is 4.76. The second-order valence-corrected chi connectivity index (χ2v) is 6.32. The molecule has 3 nitrogen and oxygen atoms in total. The monoisotopic (exact) mass is 388 g/mol. The highest BCUT2D eigenvalue weighted by molar-refractivity contribution is 14.1. The third kappa shape index (κ3) is 2.41. The number of halogens is 2. The zero-order chi connectivity index (χ0) is 13.6. The third-order valence-electron chi connectivity index (χ3n) is 3.42. The molecule has 1 atom stereocenters. The SMILES string of the molecule is Cc1cc(-n2nc(I)c3c2C[C@H](C)OC3)ccc1Cl. The molecule has 1 aliphatic rings. The maximum atomic E-state index is 6.09. The number of ether oxygens (including phenoxy) is 1. The van der Waals surface area contributed by atoms with Crippen LogP contribution in [0.15, 0.2) is 18.2 Å². The second-order valence-electron chi connectivity index (χ2n) is 4.89. The quantitative estimate of drug-likeness (QED) is 0.693. The van der Waals surface area contributed by atoms with Gasteiger partial charge in [-0.1, -0.05) is 11.6 Å². The maximum absolute atomic E-state index is 6.09. The van der Waals surface area contributed by atoms with E-state index in [9.17, 15) is 0 Å². The van der Waals surface area contributed by atoms with Crippen molar-refractivity contribution in [3.63, 3.8) is 0 Å². The average Bonchev–Trinajstić information content (AvgIpc) is 2.70. The summed E-state index contributed by atoms with van der Waals surface area (Å²) in [6, 6.07) is 6.01. The first kappa shape index (κ1) is 13.4. The second kappa shape index (κ2) is 5.07. The Morgan fingerprint density at radius 1 is 1.47 bits per heavy atom. The van der Waals surface area contributed by atoms with Gasteiger partial charge in [-0.2, -0.15) is 5.10 Å². The summed E-state index contributed by atoms with van der Waals surface area (Å²) in [6.07, 6.45) is 1.14. The molecule has 0 saturated carbocycles. The average molecular weight is 389 g/mol. The summed E-state index contributed by atoms with van der Waals surface area (Å²) in [7, 11) is 0. The van der Waals surface area contributed by atoms with Gasteiger partial charge in [-0.05, 0) is 60.2 Å². The molecule has 0 amide bonds. The molecule has 2 heterocycles. The number of aryl methyl sites for hydroxylation is 1. The standard InChI is InChI=1S/C14H14ClIN2O/c1-8-5-10(3-4-12(8)15)18-13-6-9(2)19-7-11(13)14(16)17-18/h3-5,9H,6-7H2,1-2H3/t9-/m0/s1. The van der Waals surface area contributed by atoms with Crippen molar-refractivity contribution in [1.82, 2.24) is 9.78 Å². The minimum absolute atomic E-state index is 0.243. The van der Waals surface area contributed by atoms with Gasteiger partial charge in [0.15, 0.2) is 0 Å². The van der Waals surface area contributed by atoms with E-state index in [4.69, 9.17) is 16.3 Å². The van der Waals surface area contributed by atoms with E-state index in [0.717, 1.165) is 26.4 Å². The van der Waals surface area contributed by atoms with Crippen molar-refractivity contribution < 1.29 is 4.74 Å². The van der Waals surface area contributed by atoms with E-state index < -0.39 is 0 Å². The van der Waals surface area contributed by atoms with Crippen LogP contribution in [0.1, 0.15) is 23.7 Å². The van der Waals surface area contributed by atoms with Crippen LogP contribution in [-0.2, 0) is 17.8 Å². The predicted molar refractivity (Wildman–Crippen MR) is 84.0 cm³/mol. The Morgan fingerprint density at radius 3 is 3.00 bits per heavy atom. The van der Waals surface area contributed by atoms with Crippen LogP contribution in [0.3, 0.4) is 0 Å². The predicted octanol–water partition coefficient (Wildman–Crippen LogP) is 3.90. The van der Waals surface area contributed by atoms with Crippen molar-refractivity contribution in [2.24, 2.45) is 0 Å². The van der Waals surface area contributed by atoms with E-state index in [1.54, 1.807) is 0 Å². The van der Waals surface area contributed by atoms with E-state index in [1.807, 2.05) is 23.7 Å². The Bertz CT molecular complexity index is 639.